The smallest absolute Gasteiger partial charge is 0.186 e. The Kier molecular flexibility index (Phi) is 5.07. The van der Waals surface area contributed by atoms with Crippen molar-refractivity contribution in [3.05, 3.63) is 35.7 Å². The van der Waals surface area contributed by atoms with E-state index in [9.17, 15) is 4.79 Å². The summed E-state index contributed by atoms with van der Waals surface area (Å²) in [5, 5.41) is 8.92. The quantitative estimate of drug-likeness (QED) is 0.846. The van der Waals surface area contributed by atoms with Crippen LogP contribution in [-0.4, -0.2) is 21.0 Å². The summed E-state index contributed by atoms with van der Waals surface area (Å²) >= 11 is 1.26. The van der Waals surface area contributed by atoms with Crippen LogP contribution in [-0.2, 0) is 11.4 Å². The molecule has 1 heterocycles. The lowest BCUT2D eigenvalue weighted by Crippen LogP contribution is -1.87. The number of carbonyl (C=O) groups excluding carboxylic acids is 1. The molecule has 0 amide bonds. The van der Waals surface area contributed by atoms with Gasteiger partial charge in [0, 0.05) is 18.9 Å². The summed E-state index contributed by atoms with van der Waals surface area (Å²) in [5.41, 5.74) is 1.63. The minimum absolute atomic E-state index is 0.0111. The van der Waals surface area contributed by atoms with Gasteiger partial charge in [0.2, 0.25) is 0 Å². The molecule has 0 aliphatic heterocycles. The second-order valence-electron chi connectivity index (χ2n) is 2.95. The average Bonchev–Trinajstić information content (AvgIpc) is 2.25. The highest BCUT2D eigenvalue weighted by atomic mass is 32.2. The molecule has 0 spiro atoms. The number of carbonyl (C=O) groups is 1. The van der Waals surface area contributed by atoms with Crippen molar-refractivity contribution < 1.29 is 9.90 Å². The van der Waals surface area contributed by atoms with Crippen molar-refractivity contribution in [1.82, 2.24) is 4.98 Å². The second kappa shape index (κ2) is 6.37. The van der Waals surface area contributed by atoms with Crippen LogP contribution in [0.15, 0.2) is 24.4 Å². The Balaban J connectivity index is 2.46. The van der Waals surface area contributed by atoms with Crippen molar-refractivity contribution in [2.45, 2.75) is 13.5 Å². The fourth-order valence-electron chi connectivity index (χ4n) is 0.962. The largest absolute Gasteiger partial charge is 0.392 e. The minimum Gasteiger partial charge on any atom is -0.392 e. The number of aliphatic hydroxyl groups excluding tert-OH is 1. The Morgan fingerprint density at radius 1 is 1.60 bits per heavy atom. The van der Waals surface area contributed by atoms with Gasteiger partial charge in [0.1, 0.15) is 0 Å². The predicted molar refractivity (Wildman–Crippen MR) is 62.3 cm³/mol. The molecule has 0 aromatic carbocycles. The lowest BCUT2D eigenvalue weighted by Gasteiger charge is -1.95. The van der Waals surface area contributed by atoms with Crippen LogP contribution in [0.3, 0.4) is 0 Å². The zero-order valence-corrected chi connectivity index (χ0v) is 9.33. The number of hydrogen-bond acceptors (Lipinski definition) is 4. The van der Waals surface area contributed by atoms with Gasteiger partial charge in [-0.3, -0.25) is 9.78 Å². The summed E-state index contributed by atoms with van der Waals surface area (Å²) in [6, 6.07) is 3.66. The molecule has 15 heavy (non-hydrogen) atoms. The van der Waals surface area contributed by atoms with Gasteiger partial charge in [0.05, 0.1) is 12.3 Å². The fourth-order valence-corrected chi connectivity index (χ4v) is 1.39. The first-order valence-electron chi connectivity index (χ1n) is 4.58. The SMILES string of the molecule is CC(=O)SCC=Cc1ccc(CO)cn1. The highest BCUT2D eigenvalue weighted by molar-refractivity contribution is 8.13. The zero-order chi connectivity index (χ0) is 11.1. The molecule has 0 bridgehead atoms. The number of hydrogen-bond donors (Lipinski definition) is 1. The molecule has 4 heteroatoms. The zero-order valence-electron chi connectivity index (χ0n) is 8.51. The maximum Gasteiger partial charge on any atom is 0.186 e. The second-order valence-corrected chi connectivity index (χ2v) is 4.15. The van der Waals surface area contributed by atoms with Crippen molar-refractivity contribution >= 4 is 23.0 Å². The van der Waals surface area contributed by atoms with Crippen LogP contribution in [0, 0.1) is 0 Å². The van der Waals surface area contributed by atoms with E-state index < -0.39 is 0 Å². The van der Waals surface area contributed by atoms with E-state index in [4.69, 9.17) is 5.11 Å². The van der Waals surface area contributed by atoms with Crippen molar-refractivity contribution in [2.24, 2.45) is 0 Å². The Hall–Kier alpha value is -1.13. The third-order valence-corrected chi connectivity index (χ3v) is 2.47. The van der Waals surface area contributed by atoms with Crippen molar-refractivity contribution in [3.63, 3.8) is 0 Å². The van der Waals surface area contributed by atoms with Crippen LogP contribution in [0.4, 0.5) is 0 Å². The van der Waals surface area contributed by atoms with Crippen molar-refractivity contribution in [1.29, 1.82) is 0 Å². The molecule has 0 saturated heterocycles. The molecular weight excluding hydrogens is 210 g/mol. The molecule has 0 aliphatic rings. The van der Waals surface area contributed by atoms with E-state index >= 15 is 0 Å². The van der Waals surface area contributed by atoms with Crippen LogP contribution in [0.1, 0.15) is 18.2 Å². The summed E-state index contributed by atoms with van der Waals surface area (Å²) in [6.45, 7) is 1.56. The third-order valence-electron chi connectivity index (χ3n) is 1.70. The summed E-state index contributed by atoms with van der Waals surface area (Å²) < 4.78 is 0. The first-order valence-corrected chi connectivity index (χ1v) is 5.56. The Bertz CT molecular complexity index is 346. The van der Waals surface area contributed by atoms with Crippen LogP contribution in [0.5, 0.6) is 0 Å². The van der Waals surface area contributed by atoms with E-state index in [1.165, 1.54) is 11.8 Å². The van der Waals surface area contributed by atoms with Crippen LogP contribution in [0.25, 0.3) is 6.08 Å². The Morgan fingerprint density at radius 3 is 2.93 bits per heavy atom. The first kappa shape index (κ1) is 11.9. The molecular formula is C11H13NO2S. The third kappa shape index (κ3) is 4.76. The molecule has 1 rings (SSSR count). The van der Waals surface area contributed by atoms with Gasteiger partial charge in [-0.1, -0.05) is 23.9 Å². The first-order chi connectivity index (χ1) is 7.22. The molecule has 1 aromatic heterocycles. The average molecular weight is 223 g/mol. The van der Waals surface area contributed by atoms with E-state index in [-0.39, 0.29) is 11.7 Å². The van der Waals surface area contributed by atoms with Gasteiger partial charge in [-0.15, -0.1) is 0 Å². The molecule has 0 saturated carbocycles. The maximum absolute atomic E-state index is 10.6. The fraction of sp³-hybridized carbons (Fsp3) is 0.273. The number of aromatic nitrogens is 1. The van der Waals surface area contributed by atoms with E-state index in [0.717, 1.165) is 11.3 Å². The lowest BCUT2D eigenvalue weighted by molar-refractivity contribution is -0.109. The van der Waals surface area contributed by atoms with Gasteiger partial charge in [0.25, 0.3) is 0 Å². The summed E-state index contributed by atoms with van der Waals surface area (Å²) in [6.07, 6.45) is 5.39. The number of pyridine rings is 1. The van der Waals surface area contributed by atoms with E-state index in [1.807, 2.05) is 24.3 Å². The molecule has 1 N–H and O–H groups in total. The Morgan fingerprint density at radius 2 is 2.40 bits per heavy atom. The summed E-state index contributed by atoms with van der Waals surface area (Å²) in [7, 11) is 0. The van der Waals surface area contributed by atoms with Gasteiger partial charge >= 0.3 is 0 Å². The molecule has 0 unspecified atom stereocenters. The molecule has 0 fully saturated rings. The summed E-state index contributed by atoms with van der Waals surface area (Å²) in [5.74, 6) is 0.665. The molecule has 1 aromatic rings. The molecule has 3 nitrogen and oxygen atoms in total. The standard InChI is InChI=1S/C11H13NO2S/c1-9(14)15-6-2-3-11-5-4-10(8-13)7-12-11/h2-5,7,13H,6,8H2,1H3. The van der Waals surface area contributed by atoms with Crippen LogP contribution < -0.4 is 0 Å². The highest BCUT2D eigenvalue weighted by Gasteiger charge is 1.92. The molecule has 80 valence electrons. The van der Waals surface area contributed by atoms with E-state index in [0.29, 0.717) is 5.75 Å². The topological polar surface area (TPSA) is 50.2 Å². The molecule has 0 atom stereocenters. The number of thioether (sulfide) groups is 1. The number of aliphatic hydroxyl groups is 1. The van der Waals surface area contributed by atoms with E-state index in [1.54, 1.807) is 13.1 Å². The van der Waals surface area contributed by atoms with Crippen molar-refractivity contribution in [3.8, 4) is 0 Å². The lowest BCUT2D eigenvalue weighted by atomic mass is 10.2. The van der Waals surface area contributed by atoms with Gasteiger partial charge in [-0.05, 0) is 17.7 Å². The Labute approximate surface area is 93.2 Å². The monoisotopic (exact) mass is 223 g/mol. The molecule has 0 radical (unpaired) electrons. The van der Waals surface area contributed by atoms with Crippen LogP contribution >= 0.6 is 11.8 Å². The van der Waals surface area contributed by atoms with Gasteiger partial charge in [-0.2, -0.15) is 0 Å². The van der Waals surface area contributed by atoms with Crippen molar-refractivity contribution in [2.75, 3.05) is 5.75 Å². The molecule has 0 aliphatic carbocycles. The maximum atomic E-state index is 10.6. The predicted octanol–water partition coefficient (Wildman–Crippen LogP) is 1.87. The highest BCUT2D eigenvalue weighted by Crippen LogP contribution is 2.05. The number of nitrogens with zero attached hydrogens (tertiary/aromatic N) is 1. The van der Waals surface area contributed by atoms with E-state index in [2.05, 4.69) is 4.98 Å². The van der Waals surface area contributed by atoms with Gasteiger partial charge < -0.3 is 5.11 Å². The van der Waals surface area contributed by atoms with Gasteiger partial charge in [-0.25, -0.2) is 0 Å². The number of rotatable bonds is 4. The normalized spacial score (nSPS) is 10.8. The minimum atomic E-state index is 0.0111. The van der Waals surface area contributed by atoms with Crippen LogP contribution in [0.2, 0.25) is 0 Å². The summed E-state index contributed by atoms with van der Waals surface area (Å²) in [4.78, 5) is 14.7. The van der Waals surface area contributed by atoms with Gasteiger partial charge in [0.15, 0.2) is 5.12 Å².